The van der Waals surface area contributed by atoms with E-state index in [0.717, 1.165) is 0 Å². The van der Waals surface area contributed by atoms with Crippen molar-refractivity contribution in [2.75, 3.05) is 6.54 Å². The Kier molecular flexibility index (Phi) is 6.02. The van der Waals surface area contributed by atoms with Gasteiger partial charge in [0, 0.05) is 15.7 Å². The summed E-state index contributed by atoms with van der Waals surface area (Å²) >= 11 is 5.36. The zero-order valence-electron chi connectivity index (χ0n) is 6.85. The minimum Gasteiger partial charge on any atom is -0.101 e. The minimum atomic E-state index is -1.54. The highest BCUT2D eigenvalue weighted by atomic mass is 35.5. The van der Waals surface area contributed by atoms with Gasteiger partial charge in [-0.2, -0.15) is 0 Å². The molecule has 0 aliphatic carbocycles. The lowest BCUT2D eigenvalue weighted by atomic mass is 10.2. The Morgan fingerprint density at radius 2 is 1.92 bits per heavy atom. The summed E-state index contributed by atoms with van der Waals surface area (Å²) in [7, 11) is 0. The van der Waals surface area contributed by atoms with Crippen LogP contribution < -0.4 is 0 Å². The van der Waals surface area contributed by atoms with Crippen molar-refractivity contribution in [3.63, 3.8) is 0 Å². The average Bonchev–Trinajstić information content (AvgIpc) is 1.96. The van der Waals surface area contributed by atoms with Crippen LogP contribution in [-0.4, -0.2) is 23.3 Å². The molecule has 0 aromatic carbocycles. The monoisotopic (exact) mass is 220 g/mol. The average molecular weight is 221 g/mol. The van der Waals surface area contributed by atoms with Gasteiger partial charge in [0.1, 0.15) is 0 Å². The first kappa shape index (κ1) is 12.7. The van der Waals surface area contributed by atoms with Crippen molar-refractivity contribution in [2.45, 2.75) is 19.4 Å². The van der Waals surface area contributed by atoms with Gasteiger partial charge in [-0.3, -0.25) is 0 Å². The van der Waals surface area contributed by atoms with Crippen molar-refractivity contribution in [2.24, 2.45) is 0 Å². The van der Waals surface area contributed by atoms with Crippen LogP contribution in [0.4, 0.5) is 17.9 Å². The Labute approximate surface area is 78.1 Å². The van der Waals surface area contributed by atoms with Gasteiger partial charge in [0.15, 0.2) is 0 Å². The molecular weight excluding hydrogens is 212 g/mol. The van der Waals surface area contributed by atoms with E-state index in [4.69, 9.17) is 11.6 Å². The van der Waals surface area contributed by atoms with E-state index in [-0.39, 0.29) is 6.42 Å². The predicted octanol–water partition coefficient (Wildman–Crippen LogP) is 3.03. The molecule has 0 saturated carbocycles. The van der Waals surface area contributed by atoms with E-state index >= 15 is 0 Å². The van der Waals surface area contributed by atoms with Gasteiger partial charge in [-0.1, -0.05) is 17.7 Å². The third-order valence-corrected chi connectivity index (χ3v) is 1.45. The molecule has 0 radical (unpaired) electrons. The van der Waals surface area contributed by atoms with Crippen LogP contribution in [-0.2, 0) is 0 Å². The standard InChI is InChI=1S/C6H9ClF4N2/c1-5(7)2-3-6(13(10)11)4-12(8)9/h2,6H,3-4H2,1H3. The fraction of sp³-hybridized carbons (Fsp3) is 0.667. The van der Waals surface area contributed by atoms with E-state index in [2.05, 4.69) is 0 Å². The number of nitrogens with zero attached hydrogens (tertiary/aromatic N) is 2. The number of rotatable bonds is 5. The molecule has 0 heterocycles. The summed E-state index contributed by atoms with van der Waals surface area (Å²) in [6, 6.07) is -1.54. The van der Waals surface area contributed by atoms with Crippen LogP contribution in [0, 0.1) is 0 Å². The number of halogens is 5. The highest BCUT2D eigenvalue weighted by Crippen LogP contribution is 2.12. The fourth-order valence-corrected chi connectivity index (χ4v) is 0.763. The number of hydrogen-bond donors (Lipinski definition) is 0. The van der Waals surface area contributed by atoms with Crippen LogP contribution in [0.1, 0.15) is 13.3 Å². The van der Waals surface area contributed by atoms with Gasteiger partial charge in [-0.05, 0) is 13.3 Å². The first-order valence-electron chi connectivity index (χ1n) is 3.45. The number of allylic oxidation sites excluding steroid dienone is 1. The Morgan fingerprint density at radius 1 is 1.38 bits per heavy atom. The smallest absolute Gasteiger partial charge is 0.0945 e. The quantitative estimate of drug-likeness (QED) is 0.519. The number of hydrogen-bond acceptors (Lipinski definition) is 2. The summed E-state index contributed by atoms with van der Waals surface area (Å²) in [4.78, 5) is 0. The molecule has 13 heavy (non-hydrogen) atoms. The predicted molar refractivity (Wildman–Crippen MR) is 41.0 cm³/mol. The van der Waals surface area contributed by atoms with Crippen molar-refractivity contribution in [3.05, 3.63) is 11.1 Å². The van der Waals surface area contributed by atoms with Crippen molar-refractivity contribution in [1.82, 2.24) is 10.7 Å². The second-order valence-corrected chi connectivity index (χ2v) is 3.02. The van der Waals surface area contributed by atoms with E-state index in [0.29, 0.717) is 5.03 Å². The molecule has 0 spiro atoms. The van der Waals surface area contributed by atoms with E-state index in [1.54, 1.807) is 0 Å². The van der Waals surface area contributed by atoms with Gasteiger partial charge in [-0.15, -0.1) is 17.9 Å². The van der Waals surface area contributed by atoms with Gasteiger partial charge in [-0.25, -0.2) is 0 Å². The molecule has 0 aliphatic rings. The van der Waals surface area contributed by atoms with E-state index in [1.807, 2.05) is 0 Å². The molecule has 7 heteroatoms. The van der Waals surface area contributed by atoms with Gasteiger partial charge in [0.2, 0.25) is 0 Å². The second-order valence-electron chi connectivity index (χ2n) is 2.42. The molecule has 0 rings (SSSR count). The van der Waals surface area contributed by atoms with Crippen molar-refractivity contribution >= 4 is 11.6 Å². The van der Waals surface area contributed by atoms with Gasteiger partial charge in [0.25, 0.3) is 0 Å². The van der Waals surface area contributed by atoms with Gasteiger partial charge >= 0.3 is 0 Å². The largest absolute Gasteiger partial charge is 0.101 e. The fourth-order valence-electron chi connectivity index (χ4n) is 0.674. The van der Waals surface area contributed by atoms with E-state index in [9.17, 15) is 17.9 Å². The lowest BCUT2D eigenvalue weighted by molar-refractivity contribution is -0.229. The Hall–Kier alpha value is -0.330. The third-order valence-electron chi connectivity index (χ3n) is 1.30. The van der Waals surface area contributed by atoms with Gasteiger partial charge < -0.3 is 0 Å². The molecule has 1 unspecified atom stereocenters. The molecule has 2 nitrogen and oxygen atoms in total. The summed E-state index contributed by atoms with van der Waals surface area (Å²) in [6.07, 6.45) is 1.05. The molecule has 0 saturated heterocycles. The maximum absolute atomic E-state index is 11.9. The van der Waals surface area contributed by atoms with Crippen LogP contribution in [0.2, 0.25) is 0 Å². The SMILES string of the molecule is CC(Cl)=CCC(CN(F)F)N(F)F. The highest BCUT2D eigenvalue weighted by molar-refractivity contribution is 6.29. The first-order valence-corrected chi connectivity index (χ1v) is 3.83. The zero-order valence-corrected chi connectivity index (χ0v) is 7.61. The molecule has 0 bridgehead atoms. The normalized spacial score (nSPS) is 15.5. The lowest BCUT2D eigenvalue weighted by Gasteiger charge is -2.14. The summed E-state index contributed by atoms with van der Waals surface area (Å²) in [6.45, 7) is 0.468. The molecule has 0 aromatic rings. The molecule has 0 aliphatic heterocycles. The topological polar surface area (TPSA) is 6.48 Å². The molecule has 1 atom stereocenters. The maximum Gasteiger partial charge on any atom is 0.0945 e. The minimum absolute atomic E-state index is 0.216. The summed E-state index contributed by atoms with van der Waals surface area (Å²) in [5.74, 6) is 0. The zero-order chi connectivity index (χ0) is 10.4. The molecular formula is C6H9ClF4N2. The molecule has 78 valence electrons. The van der Waals surface area contributed by atoms with Crippen LogP contribution in [0.5, 0.6) is 0 Å². The summed E-state index contributed by atoms with van der Waals surface area (Å²) < 4.78 is 47.0. The van der Waals surface area contributed by atoms with E-state index < -0.39 is 23.3 Å². The van der Waals surface area contributed by atoms with Crippen molar-refractivity contribution in [1.29, 1.82) is 0 Å². The lowest BCUT2D eigenvalue weighted by Crippen LogP contribution is -2.29. The van der Waals surface area contributed by atoms with Crippen LogP contribution in [0.3, 0.4) is 0 Å². The Bertz CT molecular complexity index is 170. The van der Waals surface area contributed by atoms with Gasteiger partial charge in [0.05, 0.1) is 12.6 Å². The maximum atomic E-state index is 11.9. The summed E-state index contributed by atoms with van der Waals surface area (Å²) in [5, 5.41) is -2.23. The van der Waals surface area contributed by atoms with Crippen LogP contribution >= 0.6 is 11.6 Å². The Balaban J connectivity index is 4.03. The summed E-state index contributed by atoms with van der Waals surface area (Å²) in [5.41, 5.74) is 0. The first-order chi connectivity index (χ1) is 5.93. The molecule has 0 fully saturated rings. The van der Waals surface area contributed by atoms with Crippen molar-refractivity contribution in [3.8, 4) is 0 Å². The molecule has 0 N–H and O–H groups in total. The second kappa shape index (κ2) is 6.17. The third kappa shape index (κ3) is 6.80. The van der Waals surface area contributed by atoms with Crippen LogP contribution in [0.25, 0.3) is 0 Å². The highest BCUT2D eigenvalue weighted by Gasteiger charge is 2.20. The van der Waals surface area contributed by atoms with E-state index in [1.165, 1.54) is 13.0 Å². The molecule has 0 amide bonds. The Morgan fingerprint density at radius 3 is 2.23 bits per heavy atom. The van der Waals surface area contributed by atoms with Crippen molar-refractivity contribution < 1.29 is 17.9 Å². The van der Waals surface area contributed by atoms with Crippen LogP contribution in [0.15, 0.2) is 11.1 Å². The molecule has 0 aromatic heterocycles.